The highest BCUT2D eigenvalue weighted by molar-refractivity contribution is 7.99. The van der Waals surface area contributed by atoms with E-state index in [9.17, 15) is 0 Å². The van der Waals surface area contributed by atoms with Crippen LogP contribution in [-0.2, 0) is 0 Å². The number of fused-ring (bicyclic) bond motifs is 3. The van der Waals surface area contributed by atoms with Gasteiger partial charge in [-0.2, -0.15) is 4.98 Å². The monoisotopic (exact) mass is 390 g/mol. The van der Waals surface area contributed by atoms with E-state index in [-0.39, 0.29) is 6.23 Å². The standard InChI is InChI=1S/C22H22N4OS/c1-3-13-28-22-24-21-19(25-26-22)17-11-7-8-12-18(17)23-20(27-21)15(2)14-16-9-5-4-6-10-16/h4-12,14,20,23H,3,13H2,1-2H3/b15-14+. The van der Waals surface area contributed by atoms with E-state index in [0.717, 1.165) is 34.6 Å². The Morgan fingerprint density at radius 3 is 2.71 bits per heavy atom. The molecule has 2 aromatic carbocycles. The number of hydrogen-bond acceptors (Lipinski definition) is 6. The van der Waals surface area contributed by atoms with Crippen molar-refractivity contribution in [2.45, 2.75) is 31.7 Å². The first-order chi connectivity index (χ1) is 13.7. The van der Waals surface area contributed by atoms with Crippen LogP contribution in [-0.4, -0.2) is 27.2 Å². The fourth-order valence-corrected chi connectivity index (χ4v) is 3.63. The van der Waals surface area contributed by atoms with Gasteiger partial charge in [-0.05, 0) is 30.5 Å². The van der Waals surface area contributed by atoms with Crippen molar-refractivity contribution in [3.63, 3.8) is 0 Å². The van der Waals surface area contributed by atoms with Gasteiger partial charge in [0, 0.05) is 17.0 Å². The van der Waals surface area contributed by atoms with Crippen LogP contribution in [0.4, 0.5) is 5.69 Å². The molecule has 1 unspecified atom stereocenters. The zero-order chi connectivity index (χ0) is 19.3. The van der Waals surface area contributed by atoms with E-state index in [2.05, 4.69) is 52.6 Å². The molecule has 0 radical (unpaired) electrons. The number of nitrogens with one attached hydrogen (secondary N) is 1. The van der Waals surface area contributed by atoms with Gasteiger partial charge in [-0.15, -0.1) is 10.2 Å². The predicted octanol–water partition coefficient (Wildman–Crippen LogP) is 5.27. The summed E-state index contributed by atoms with van der Waals surface area (Å²) in [4.78, 5) is 4.65. The van der Waals surface area contributed by atoms with Gasteiger partial charge in [-0.1, -0.05) is 73.3 Å². The minimum absolute atomic E-state index is 0.344. The average molecular weight is 391 g/mol. The third-order valence-electron chi connectivity index (χ3n) is 4.38. The molecule has 0 fully saturated rings. The molecule has 0 saturated heterocycles. The lowest BCUT2D eigenvalue weighted by molar-refractivity contribution is 0.255. The highest BCUT2D eigenvalue weighted by Gasteiger charge is 2.25. The van der Waals surface area contributed by atoms with Crippen LogP contribution in [0.15, 0.2) is 65.3 Å². The van der Waals surface area contributed by atoms with Crippen LogP contribution in [0.1, 0.15) is 25.8 Å². The maximum absolute atomic E-state index is 6.29. The lowest BCUT2D eigenvalue weighted by Gasteiger charge is -2.20. The van der Waals surface area contributed by atoms with E-state index < -0.39 is 0 Å². The van der Waals surface area contributed by atoms with Crippen LogP contribution >= 0.6 is 11.8 Å². The van der Waals surface area contributed by atoms with Crippen molar-refractivity contribution in [1.29, 1.82) is 0 Å². The maximum Gasteiger partial charge on any atom is 0.247 e. The topological polar surface area (TPSA) is 59.9 Å². The van der Waals surface area contributed by atoms with E-state index in [4.69, 9.17) is 4.74 Å². The lowest BCUT2D eigenvalue weighted by Crippen LogP contribution is -2.27. The Labute approximate surface area is 169 Å². The highest BCUT2D eigenvalue weighted by Crippen LogP contribution is 2.37. The second kappa shape index (κ2) is 8.44. The third-order valence-corrected chi connectivity index (χ3v) is 5.42. The van der Waals surface area contributed by atoms with Gasteiger partial charge in [-0.3, -0.25) is 0 Å². The van der Waals surface area contributed by atoms with Crippen LogP contribution in [0.3, 0.4) is 0 Å². The van der Waals surface area contributed by atoms with Gasteiger partial charge in [0.1, 0.15) is 0 Å². The molecule has 0 amide bonds. The first-order valence-electron chi connectivity index (χ1n) is 9.38. The van der Waals surface area contributed by atoms with Gasteiger partial charge in [-0.25, -0.2) is 0 Å². The van der Waals surface area contributed by atoms with E-state index >= 15 is 0 Å². The number of para-hydroxylation sites is 1. The summed E-state index contributed by atoms with van der Waals surface area (Å²) in [6.45, 7) is 4.19. The molecule has 1 aromatic heterocycles. The second-order valence-corrected chi connectivity index (χ2v) is 7.65. The fraction of sp³-hybridized carbons (Fsp3) is 0.227. The first kappa shape index (κ1) is 18.5. The first-order valence-corrected chi connectivity index (χ1v) is 10.4. The van der Waals surface area contributed by atoms with Crippen LogP contribution < -0.4 is 10.1 Å². The van der Waals surface area contributed by atoms with E-state index in [1.165, 1.54) is 0 Å². The number of anilines is 1. The van der Waals surface area contributed by atoms with E-state index in [1.807, 2.05) is 42.5 Å². The molecule has 1 aliphatic rings. The van der Waals surface area contributed by atoms with Crippen LogP contribution in [0.2, 0.25) is 0 Å². The molecule has 5 nitrogen and oxygen atoms in total. The third kappa shape index (κ3) is 4.02. The summed E-state index contributed by atoms with van der Waals surface area (Å²) >= 11 is 1.59. The van der Waals surface area contributed by atoms with Crippen molar-refractivity contribution in [3.05, 3.63) is 65.7 Å². The summed E-state index contributed by atoms with van der Waals surface area (Å²) in [5.74, 6) is 1.46. The molecule has 0 spiro atoms. The molecule has 6 heteroatoms. The molecule has 142 valence electrons. The number of benzene rings is 2. The molecule has 2 heterocycles. The van der Waals surface area contributed by atoms with Crippen molar-refractivity contribution in [1.82, 2.24) is 15.2 Å². The minimum atomic E-state index is -0.344. The molecule has 1 N–H and O–H groups in total. The molecule has 0 bridgehead atoms. The molecule has 3 aromatic rings. The Balaban J connectivity index is 1.73. The smallest absolute Gasteiger partial charge is 0.247 e. The zero-order valence-electron chi connectivity index (χ0n) is 15.9. The molecule has 0 saturated carbocycles. The predicted molar refractivity (Wildman–Crippen MR) is 114 cm³/mol. The van der Waals surface area contributed by atoms with Crippen molar-refractivity contribution in [2.24, 2.45) is 0 Å². The number of hydrogen-bond donors (Lipinski definition) is 1. The van der Waals surface area contributed by atoms with Gasteiger partial charge in [0.15, 0.2) is 11.9 Å². The second-order valence-electron chi connectivity index (χ2n) is 6.58. The molecule has 28 heavy (non-hydrogen) atoms. The molecule has 4 rings (SSSR count). The van der Waals surface area contributed by atoms with Gasteiger partial charge >= 0.3 is 0 Å². The van der Waals surface area contributed by atoms with Gasteiger partial charge < -0.3 is 10.1 Å². The molecular formula is C22H22N4OS. The van der Waals surface area contributed by atoms with Crippen molar-refractivity contribution in [3.8, 4) is 17.1 Å². The molecule has 0 aliphatic carbocycles. The quantitative estimate of drug-likeness (QED) is 0.599. The number of thioether (sulfide) groups is 1. The normalized spacial score (nSPS) is 15.6. The van der Waals surface area contributed by atoms with E-state index in [0.29, 0.717) is 16.7 Å². The SMILES string of the molecule is CCCSc1nnc2c(n1)OC(/C(C)=C/c1ccccc1)Nc1ccccc1-2. The summed E-state index contributed by atoms with van der Waals surface area (Å²) in [6, 6.07) is 18.2. The van der Waals surface area contributed by atoms with Crippen LogP contribution in [0.25, 0.3) is 17.3 Å². The molecule has 1 atom stereocenters. The summed E-state index contributed by atoms with van der Waals surface area (Å²) in [5, 5.41) is 12.8. The average Bonchev–Trinajstić information content (AvgIpc) is 2.89. The number of aromatic nitrogens is 3. The number of rotatable bonds is 5. The Morgan fingerprint density at radius 1 is 1.11 bits per heavy atom. The Hall–Kier alpha value is -2.86. The fourth-order valence-electron chi connectivity index (χ4n) is 3.00. The summed E-state index contributed by atoms with van der Waals surface area (Å²) in [7, 11) is 0. The summed E-state index contributed by atoms with van der Waals surface area (Å²) in [6.07, 6.45) is 2.83. The van der Waals surface area contributed by atoms with Gasteiger partial charge in [0.05, 0.1) is 0 Å². The van der Waals surface area contributed by atoms with Gasteiger partial charge in [0.25, 0.3) is 0 Å². The van der Waals surface area contributed by atoms with Crippen molar-refractivity contribution in [2.75, 3.05) is 11.1 Å². The Kier molecular flexibility index (Phi) is 5.58. The Bertz CT molecular complexity index is 991. The number of nitrogens with zero attached hydrogens (tertiary/aromatic N) is 3. The minimum Gasteiger partial charge on any atom is -0.448 e. The Morgan fingerprint density at radius 2 is 1.89 bits per heavy atom. The zero-order valence-corrected chi connectivity index (χ0v) is 16.7. The van der Waals surface area contributed by atoms with Crippen molar-refractivity contribution < 1.29 is 4.74 Å². The van der Waals surface area contributed by atoms with Crippen LogP contribution in [0, 0.1) is 0 Å². The highest BCUT2D eigenvalue weighted by atomic mass is 32.2. The van der Waals surface area contributed by atoms with Gasteiger partial charge in [0.2, 0.25) is 11.0 Å². The van der Waals surface area contributed by atoms with Crippen molar-refractivity contribution >= 4 is 23.5 Å². The van der Waals surface area contributed by atoms with Crippen LogP contribution in [0.5, 0.6) is 5.88 Å². The number of ether oxygens (including phenoxy) is 1. The lowest BCUT2D eigenvalue weighted by atomic mass is 10.1. The van der Waals surface area contributed by atoms with E-state index in [1.54, 1.807) is 11.8 Å². The maximum atomic E-state index is 6.29. The molecule has 1 aliphatic heterocycles. The largest absolute Gasteiger partial charge is 0.448 e. The molecular weight excluding hydrogens is 368 g/mol. The summed E-state index contributed by atoms with van der Waals surface area (Å²) < 4.78 is 6.29. The summed E-state index contributed by atoms with van der Waals surface area (Å²) in [5.41, 5.74) is 4.74.